The summed E-state index contributed by atoms with van der Waals surface area (Å²) in [5.41, 5.74) is 0. The molecule has 3 atom stereocenters. The van der Waals surface area contributed by atoms with Crippen molar-refractivity contribution in [3.05, 3.63) is 0 Å². The molecule has 3 unspecified atom stereocenters. The average molecular weight is 187 g/mol. The van der Waals surface area contributed by atoms with Crippen molar-refractivity contribution in [1.82, 2.24) is 4.90 Å². The van der Waals surface area contributed by atoms with Crippen LogP contribution in [0.25, 0.3) is 0 Å². The maximum atomic E-state index is 10.8. The number of hydrogen-bond donors (Lipinski definition) is 2. The lowest BCUT2D eigenvalue weighted by Gasteiger charge is -2.40. The highest BCUT2D eigenvalue weighted by atomic mass is 16.4. The second-order valence-corrected chi connectivity index (χ2v) is 3.76. The van der Waals surface area contributed by atoms with Crippen LogP contribution >= 0.6 is 0 Å². The monoisotopic (exact) mass is 187 g/mol. The van der Waals surface area contributed by atoms with Gasteiger partial charge < -0.3 is 10.2 Å². The predicted molar refractivity (Wildman–Crippen MR) is 48.5 cm³/mol. The molecule has 0 aromatic heterocycles. The molecule has 2 N–H and O–H groups in total. The molecule has 0 aromatic carbocycles. The van der Waals surface area contributed by atoms with Crippen molar-refractivity contribution in [1.29, 1.82) is 0 Å². The van der Waals surface area contributed by atoms with Gasteiger partial charge in [-0.05, 0) is 26.8 Å². The molecule has 0 radical (unpaired) electrons. The lowest BCUT2D eigenvalue weighted by Crippen LogP contribution is -2.50. The Balaban J connectivity index is 2.64. The molecule has 0 spiro atoms. The number of hydrogen-bond acceptors (Lipinski definition) is 3. The van der Waals surface area contributed by atoms with Gasteiger partial charge in [0.15, 0.2) is 0 Å². The number of carbonyl (C=O) groups is 1. The predicted octanol–water partition coefficient (Wildman–Crippen LogP) is 0.162. The van der Waals surface area contributed by atoms with Crippen LogP contribution in [0.3, 0.4) is 0 Å². The van der Waals surface area contributed by atoms with Crippen molar-refractivity contribution in [2.45, 2.75) is 31.8 Å². The first kappa shape index (κ1) is 10.5. The summed E-state index contributed by atoms with van der Waals surface area (Å²) >= 11 is 0. The quantitative estimate of drug-likeness (QED) is 0.646. The van der Waals surface area contributed by atoms with Crippen LogP contribution in [0.5, 0.6) is 0 Å². The van der Waals surface area contributed by atoms with E-state index in [0.29, 0.717) is 6.42 Å². The first-order chi connectivity index (χ1) is 6.07. The Labute approximate surface area is 78.2 Å². The number of aliphatic hydroxyl groups is 1. The van der Waals surface area contributed by atoms with Crippen molar-refractivity contribution in [3.63, 3.8) is 0 Å². The summed E-state index contributed by atoms with van der Waals surface area (Å²) < 4.78 is 0. The fourth-order valence-corrected chi connectivity index (χ4v) is 1.98. The third kappa shape index (κ3) is 2.00. The number of likely N-dealkylation sites (N-methyl/N-ethyl adjacent to an activating group) is 1. The SMILES string of the molecule is CC1C(C(=O)O)CCC(CO)N1C. The van der Waals surface area contributed by atoms with Crippen LogP contribution in [0.1, 0.15) is 19.8 Å². The molecular formula is C9H17NO3. The number of carboxylic acids is 1. The van der Waals surface area contributed by atoms with Crippen molar-refractivity contribution < 1.29 is 15.0 Å². The van der Waals surface area contributed by atoms with E-state index in [0.717, 1.165) is 6.42 Å². The van der Waals surface area contributed by atoms with Crippen molar-refractivity contribution >= 4 is 5.97 Å². The number of nitrogens with zero attached hydrogens (tertiary/aromatic N) is 1. The van der Waals surface area contributed by atoms with Crippen LogP contribution < -0.4 is 0 Å². The van der Waals surface area contributed by atoms with Crippen molar-refractivity contribution in [2.24, 2.45) is 5.92 Å². The van der Waals surface area contributed by atoms with Gasteiger partial charge in [0, 0.05) is 12.1 Å². The van der Waals surface area contributed by atoms with Gasteiger partial charge in [-0.2, -0.15) is 0 Å². The Morgan fingerprint density at radius 2 is 2.15 bits per heavy atom. The van der Waals surface area contributed by atoms with Gasteiger partial charge in [-0.25, -0.2) is 0 Å². The summed E-state index contributed by atoms with van der Waals surface area (Å²) in [6, 6.07) is 0.147. The summed E-state index contributed by atoms with van der Waals surface area (Å²) in [6.07, 6.45) is 1.44. The molecule has 4 nitrogen and oxygen atoms in total. The second kappa shape index (κ2) is 4.07. The Morgan fingerprint density at radius 1 is 1.54 bits per heavy atom. The Morgan fingerprint density at radius 3 is 2.62 bits per heavy atom. The minimum atomic E-state index is -0.726. The van der Waals surface area contributed by atoms with Gasteiger partial charge in [0.05, 0.1) is 12.5 Å². The Kier molecular flexibility index (Phi) is 3.27. The molecular weight excluding hydrogens is 170 g/mol. The van der Waals surface area contributed by atoms with E-state index < -0.39 is 5.97 Å². The van der Waals surface area contributed by atoms with Crippen LogP contribution in [-0.2, 0) is 4.79 Å². The van der Waals surface area contributed by atoms with Crippen LogP contribution in [0.4, 0.5) is 0 Å². The molecule has 1 aliphatic rings. The molecule has 1 aliphatic heterocycles. The zero-order valence-corrected chi connectivity index (χ0v) is 8.10. The van der Waals surface area contributed by atoms with Crippen LogP contribution in [-0.4, -0.2) is 46.8 Å². The molecule has 1 saturated heterocycles. The second-order valence-electron chi connectivity index (χ2n) is 3.76. The van der Waals surface area contributed by atoms with E-state index in [1.54, 1.807) is 0 Å². The van der Waals surface area contributed by atoms with Gasteiger partial charge in [0.25, 0.3) is 0 Å². The molecule has 0 aliphatic carbocycles. The number of piperidine rings is 1. The minimum absolute atomic E-state index is 0.0170. The molecule has 4 heteroatoms. The van der Waals surface area contributed by atoms with E-state index in [9.17, 15) is 4.79 Å². The van der Waals surface area contributed by atoms with Gasteiger partial charge in [-0.15, -0.1) is 0 Å². The average Bonchev–Trinajstić information content (AvgIpc) is 2.09. The molecule has 0 saturated carbocycles. The molecule has 1 heterocycles. The smallest absolute Gasteiger partial charge is 0.308 e. The van der Waals surface area contributed by atoms with E-state index in [1.165, 1.54) is 0 Å². The fraction of sp³-hybridized carbons (Fsp3) is 0.889. The lowest BCUT2D eigenvalue weighted by molar-refractivity contribution is -0.146. The number of rotatable bonds is 2. The van der Waals surface area contributed by atoms with Gasteiger partial charge in [0.1, 0.15) is 0 Å². The fourth-order valence-electron chi connectivity index (χ4n) is 1.98. The molecule has 76 valence electrons. The third-order valence-electron chi connectivity index (χ3n) is 3.14. The van der Waals surface area contributed by atoms with E-state index >= 15 is 0 Å². The van der Waals surface area contributed by atoms with E-state index in [1.807, 2.05) is 18.9 Å². The topological polar surface area (TPSA) is 60.8 Å². The van der Waals surface area contributed by atoms with E-state index in [2.05, 4.69) is 0 Å². The summed E-state index contributed by atoms with van der Waals surface area (Å²) in [6.45, 7) is 2.02. The minimum Gasteiger partial charge on any atom is -0.481 e. The summed E-state index contributed by atoms with van der Waals surface area (Å²) in [4.78, 5) is 12.8. The first-order valence-electron chi connectivity index (χ1n) is 4.63. The summed E-state index contributed by atoms with van der Waals surface area (Å²) in [5.74, 6) is -1.01. The molecule has 1 rings (SSSR count). The molecule has 0 amide bonds. The van der Waals surface area contributed by atoms with E-state index in [-0.39, 0.29) is 24.6 Å². The highest BCUT2D eigenvalue weighted by molar-refractivity contribution is 5.71. The van der Waals surface area contributed by atoms with Gasteiger partial charge in [-0.1, -0.05) is 0 Å². The van der Waals surface area contributed by atoms with Gasteiger partial charge >= 0.3 is 5.97 Å². The number of aliphatic hydroxyl groups excluding tert-OH is 1. The number of carboxylic acid groups (broad SMARTS) is 1. The third-order valence-corrected chi connectivity index (χ3v) is 3.14. The van der Waals surface area contributed by atoms with Gasteiger partial charge in [-0.3, -0.25) is 9.69 Å². The molecule has 0 bridgehead atoms. The van der Waals surface area contributed by atoms with Crippen LogP contribution in [0.15, 0.2) is 0 Å². The largest absolute Gasteiger partial charge is 0.481 e. The summed E-state index contributed by atoms with van der Waals surface area (Å²) in [7, 11) is 1.88. The zero-order chi connectivity index (χ0) is 10.0. The first-order valence-corrected chi connectivity index (χ1v) is 4.63. The van der Waals surface area contributed by atoms with Crippen LogP contribution in [0, 0.1) is 5.92 Å². The number of likely N-dealkylation sites (tertiary alicyclic amines) is 1. The highest BCUT2D eigenvalue weighted by Gasteiger charge is 2.35. The Hall–Kier alpha value is -0.610. The zero-order valence-electron chi connectivity index (χ0n) is 8.10. The molecule has 1 fully saturated rings. The maximum absolute atomic E-state index is 10.8. The normalized spacial score (nSPS) is 36.1. The van der Waals surface area contributed by atoms with Crippen molar-refractivity contribution in [2.75, 3.05) is 13.7 Å². The summed E-state index contributed by atoms with van der Waals surface area (Å²) in [5, 5.41) is 17.9. The highest BCUT2D eigenvalue weighted by Crippen LogP contribution is 2.26. The lowest BCUT2D eigenvalue weighted by atomic mass is 9.87. The van der Waals surface area contributed by atoms with Crippen LogP contribution in [0.2, 0.25) is 0 Å². The molecule has 13 heavy (non-hydrogen) atoms. The maximum Gasteiger partial charge on any atom is 0.308 e. The van der Waals surface area contributed by atoms with Crippen molar-refractivity contribution in [3.8, 4) is 0 Å². The molecule has 0 aromatic rings. The standard InChI is InChI=1S/C9H17NO3/c1-6-8(9(12)13)4-3-7(5-11)10(6)2/h6-8,11H,3-5H2,1-2H3,(H,12,13). The Bertz CT molecular complexity index is 195. The number of aliphatic carboxylic acids is 1. The van der Waals surface area contributed by atoms with E-state index in [4.69, 9.17) is 10.2 Å². The van der Waals surface area contributed by atoms with Gasteiger partial charge in [0.2, 0.25) is 0 Å².